The van der Waals surface area contributed by atoms with E-state index in [4.69, 9.17) is 0 Å². The van der Waals surface area contributed by atoms with Gasteiger partial charge in [-0.15, -0.1) is 5.10 Å². The molecular formula is C11H11N3O. The zero-order chi connectivity index (χ0) is 10.8. The summed E-state index contributed by atoms with van der Waals surface area (Å²) >= 11 is 0. The Morgan fingerprint density at radius 3 is 2.80 bits per heavy atom. The molecule has 2 aromatic rings. The number of rotatable bonds is 2. The number of aryl methyl sites for hydroxylation is 1. The van der Waals surface area contributed by atoms with E-state index in [-0.39, 0.29) is 5.78 Å². The fourth-order valence-electron chi connectivity index (χ4n) is 1.45. The molecule has 0 spiro atoms. The Morgan fingerprint density at radius 2 is 2.13 bits per heavy atom. The van der Waals surface area contributed by atoms with Crippen molar-refractivity contribution in [3.8, 4) is 0 Å². The molecule has 0 saturated heterocycles. The minimum absolute atomic E-state index is 0.0926. The summed E-state index contributed by atoms with van der Waals surface area (Å²) in [5, 5.41) is 9.77. The van der Waals surface area contributed by atoms with Crippen LogP contribution in [0.3, 0.4) is 0 Å². The Balaban J connectivity index is 2.47. The number of aromatic amines is 1. The molecule has 1 N–H and O–H groups in total. The second kappa shape index (κ2) is 3.65. The van der Waals surface area contributed by atoms with Crippen LogP contribution in [-0.2, 0) is 0 Å². The van der Waals surface area contributed by atoms with Crippen molar-refractivity contribution in [2.24, 2.45) is 0 Å². The summed E-state index contributed by atoms with van der Waals surface area (Å²) in [7, 11) is 0. The SMILES string of the molecule is Cc1cccc(C(=O)c2c[nH]nn2)c1C. The van der Waals surface area contributed by atoms with Crippen molar-refractivity contribution in [3.05, 3.63) is 46.8 Å². The number of nitrogens with zero attached hydrogens (tertiary/aromatic N) is 2. The van der Waals surface area contributed by atoms with Gasteiger partial charge in [-0.1, -0.05) is 23.4 Å². The first kappa shape index (κ1) is 9.58. The largest absolute Gasteiger partial charge is 0.287 e. The van der Waals surface area contributed by atoms with Gasteiger partial charge in [-0.2, -0.15) is 0 Å². The lowest BCUT2D eigenvalue weighted by molar-refractivity contribution is 0.103. The molecule has 0 atom stereocenters. The van der Waals surface area contributed by atoms with Gasteiger partial charge in [0.05, 0.1) is 6.20 Å². The van der Waals surface area contributed by atoms with Crippen molar-refractivity contribution in [1.29, 1.82) is 0 Å². The van der Waals surface area contributed by atoms with Gasteiger partial charge in [0.1, 0.15) is 0 Å². The van der Waals surface area contributed by atoms with E-state index in [2.05, 4.69) is 15.4 Å². The summed E-state index contributed by atoms with van der Waals surface area (Å²) in [6.07, 6.45) is 1.50. The Hall–Kier alpha value is -1.97. The van der Waals surface area contributed by atoms with E-state index in [0.29, 0.717) is 11.3 Å². The highest BCUT2D eigenvalue weighted by Gasteiger charge is 2.14. The molecule has 76 valence electrons. The van der Waals surface area contributed by atoms with Crippen LogP contribution in [-0.4, -0.2) is 21.2 Å². The van der Waals surface area contributed by atoms with Gasteiger partial charge in [0.2, 0.25) is 5.78 Å². The average Bonchev–Trinajstić information content (AvgIpc) is 2.74. The first-order valence-electron chi connectivity index (χ1n) is 4.67. The number of aromatic nitrogens is 3. The second-order valence-electron chi connectivity index (χ2n) is 3.44. The maximum atomic E-state index is 12.0. The van der Waals surface area contributed by atoms with E-state index in [9.17, 15) is 4.79 Å². The van der Waals surface area contributed by atoms with E-state index in [1.165, 1.54) is 6.20 Å². The lowest BCUT2D eigenvalue weighted by Crippen LogP contribution is -2.05. The van der Waals surface area contributed by atoms with Gasteiger partial charge in [0, 0.05) is 5.56 Å². The van der Waals surface area contributed by atoms with Crippen molar-refractivity contribution in [3.63, 3.8) is 0 Å². The average molecular weight is 201 g/mol. The molecule has 1 heterocycles. The summed E-state index contributed by atoms with van der Waals surface area (Å²) < 4.78 is 0. The Morgan fingerprint density at radius 1 is 1.33 bits per heavy atom. The fourth-order valence-corrected chi connectivity index (χ4v) is 1.45. The Kier molecular flexibility index (Phi) is 2.33. The molecular weight excluding hydrogens is 190 g/mol. The summed E-state index contributed by atoms with van der Waals surface area (Å²) in [4.78, 5) is 12.0. The molecule has 15 heavy (non-hydrogen) atoms. The topological polar surface area (TPSA) is 58.6 Å². The van der Waals surface area contributed by atoms with Crippen LogP contribution in [0.4, 0.5) is 0 Å². The molecule has 0 aliphatic carbocycles. The fraction of sp³-hybridized carbons (Fsp3) is 0.182. The Labute approximate surface area is 87.3 Å². The molecule has 0 aliphatic heterocycles. The maximum Gasteiger partial charge on any atom is 0.215 e. The van der Waals surface area contributed by atoms with Gasteiger partial charge in [0.15, 0.2) is 5.69 Å². The molecule has 0 radical (unpaired) electrons. The molecule has 0 unspecified atom stereocenters. The quantitative estimate of drug-likeness (QED) is 0.751. The molecule has 0 amide bonds. The van der Waals surface area contributed by atoms with Crippen molar-refractivity contribution in [1.82, 2.24) is 15.4 Å². The second-order valence-corrected chi connectivity index (χ2v) is 3.44. The minimum atomic E-state index is -0.0926. The summed E-state index contributed by atoms with van der Waals surface area (Å²) in [6, 6.07) is 5.66. The molecule has 1 aromatic carbocycles. The number of nitrogens with one attached hydrogen (secondary N) is 1. The number of benzene rings is 1. The highest BCUT2D eigenvalue weighted by Crippen LogP contribution is 2.15. The standard InChI is InChI=1S/C11H11N3O/c1-7-4-3-5-9(8(7)2)11(15)10-6-12-14-13-10/h3-6H,1-2H3,(H,12,13,14). The molecule has 1 aromatic heterocycles. The molecule has 4 heteroatoms. The third kappa shape index (κ3) is 1.66. The van der Waals surface area contributed by atoms with Gasteiger partial charge in [-0.3, -0.25) is 9.89 Å². The third-order valence-electron chi connectivity index (χ3n) is 2.50. The number of hydrogen-bond donors (Lipinski definition) is 1. The molecule has 0 saturated carbocycles. The van der Waals surface area contributed by atoms with Crippen LogP contribution in [0.25, 0.3) is 0 Å². The zero-order valence-electron chi connectivity index (χ0n) is 8.61. The molecule has 2 rings (SSSR count). The summed E-state index contributed by atoms with van der Waals surface area (Å²) in [6.45, 7) is 3.91. The predicted octanol–water partition coefficient (Wildman–Crippen LogP) is 1.65. The summed E-state index contributed by atoms with van der Waals surface area (Å²) in [5.74, 6) is -0.0926. The zero-order valence-corrected chi connectivity index (χ0v) is 8.61. The Bertz CT molecular complexity index is 489. The van der Waals surface area contributed by atoms with Gasteiger partial charge in [-0.25, -0.2) is 0 Å². The van der Waals surface area contributed by atoms with Crippen LogP contribution in [0.5, 0.6) is 0 Å². The van der Waals surface area contributed by atoms with Crippen LogP contribution in [0.15, 0.2) is 24.4 Å². The van der Waals surface area contributed by atoms with Gasteiger partial charge in [0.25, 0.3) is 0 Å². The van der Waals surface area contributed by atoms with E-state index in [0.717, 1.165) is 11.1 Å². The van der Waals surface area contributed by atoms with Gasteiger partial charge < -0.3 is 0 Å². The molecule has 0 bridgehead atoms. The number of hydrogen-bond acceptors (Lipinski definition) is 3. The first-order valence-corrected chi connectivity index (χ1v) is 4.67. The van der Waals surface area contributed by atoms with Crippen LogP contribution in [0, 0.1) is 13.8 Å². The highest BCUT2D eigenvalue weighted by atomic mass is 16.1. The molecule has 4 nitrogen and oxygen atoms in total. The van der Waals surface area contributed by atoms with Crippen LogP contribution in [0.1, 0.15) is 27.2 Å². The summed E-state index contributed by atoms with van der Waals surface area (Å²) in [5.41, 5.74) is 3.13. The van der Waals surface area contributed by atoms with E-state index < -0.39 is 0 Å². The van der Waals surface area contributed by atoms with Crippen LogP contribution < -0.4 is 0 Å². The normalized spacial score (nSPS) is 10.3. The van der Waals surface area contributed by atoms with Crippen molar-refractivity contribution in [2.75, 3.05) is 0 Å². The molecule has 0 aliphatic rings. The van der Waals surface area contributed by atoms with Crippen molar-refractivity contribution >= 4 is 5.78 Å². The predicted molar refractivity (Wildman–Crippen MR) is 55.7 cm³/mol. The van der Waals surface area contributed by atoms with E-state index in [1.807, 2.05) is 26.0 Å². The maximum absolute atomic E-state index is 12.0. The smallest absolute Gasteiger partial charge is 0.215 e. The minimum Gasteiger partial charge on any atom is -0.287 e. The van der Waals surface area contributed by atoms with E-state index >= 15 is 0 Å². The number of ketones is 1. The lowest BCUT2D eigenvalue weighted by Gasteiger charge is -2.04. The van der Waals surface area contributed by atoms with E-state index in [1.54, 1.807) is 6.07 Å². The number of carbonyl (C=O) groups is 1. The monoisotopic (exact) mass is 201 g/mol. The van der Waals surface area contributed by atoms with Gasteiger partial charge in [-0.05, 0) is 25.0 Å². The van der Waals surface area contributed by atoms with Crippen LogP contribution >= 0.6 is 0 Å². The van der Waals surface area contributed by atoms with Gasteiger partial charge >= 0.3 is 0 Å². The van der Waals surface area contributed by atoms with Crippen molar-refractivity contribution in [2.45, 2.75) is 13.8 Å². The lowest BCUT2D eigenvalue weighted by atomic mass is 9.99. The van der Waals surface area contributed by atoms with Crippen LogP contribution in [0.2, 0.25) is 0 Å². The third-order valence-corrected chi connectivity index (χ3v) is 2.50. The first-order chi connectivity index (χ1) is 7.20. The highest BCUT2D eigenvalue weighted by molar-refractivity contribution is 6.08. The number of H-pyrrole nitrogens is 1. The number of carbonyl (C=O) groups excluding carboxylic acids is 1. The molecule has 0 fully saturated rings. The van der Waals surface area contributed by atoms with Crippen molar-refractivity contribution < 1.29 is 4.79 Å².